The highest BCUT2D eigenvalue weighted by Gasteiger charge is 2.38. The lowest BCUT2D eigenvalue weighted by Gasteiger charge is -2.35. The van der Waals surface area contributed by atoms with Crippen molar-refractivity contribution in [1.82, 2.24) is 0 Å². The van der Waals surface area contributed by atoms with E-state index < -0.39 is 21.0 Å². The fourth-order valence-corrected chi connectivity index (χ4v) is 3.30. The number of benzene rings is 1. The number of nitrogens with two attached hydrogens (primary N) is 1. The summed E-state index contributed by atoms with van der Waals surface area (Å²) in [4.78, 5) is 12.4. The lowest BCUT2D eigenvalue weighted by Crippen LogP contribution is -2.38. The zero-order valence-corrected chi connectivity index (χ0v) is 17.6. The van der Waals surface area contributed by atoms with Crippen LogP contribution < -0.4 is 9.88 Å². The average molecular weight is 386 g/mol. The quantitative estimate of drug-likeness (QED) is 0.725. The molecule has 0 unspecified atom stereocenters. The third-order valence-electron chi connectivity index (χ3n) is 3.64. The van der Waals surface area contributed by atoms with Gasteiger partial charge in [0.25, 0.3) is 0 Å². The van der Waals surface area contributed by atoms with Crippen molar-refractivity contribution in [2.24, 2.45) is 16.0 Å². The Morgan fingerprint density at radius 3 is 2.15 bits per heavy atom. The van der Waals surface area contributed by atoms with Crippen molar-refractivity contribution in [2.75, 3.05) is 6.61 Å². The summed E-state index contributed by atoms with van der Waals surface area (Å²) in [6.07, 6.45) is 0.545. The molecular formula is C19H31NO5S. The Labute approximate surface area is 157 Å². The molecule has 6 nitrogen and oxygen atoms in total. The van der Waals surface area contributed by atoms with Crippen LogP contribution in [0.15, 0.2) is 29.2 Å². The molecule has 0 bridgehead atoms. The lowest BCUT2D eigenvalue weighted by atomic mass is 9.75. The van der Waals surface area contributed by atoms with Crippen molar-refractivity contribution < 1.29 is 22.7 Å². The van der Waals surface area contributed by atoms with E-state index in [-0.39, 0.29) is 16.3 Å². The number of primary sulfonamides is 1. The Bertz CT molecular complexity index is 745. The number of ether oxygens (including phenoxy) is 2. The maximum Gasteiger partial charge on any atom is 0.312 e. The molecule has 0 aliphatic heterocycles. The number of carbonyl (C=O) groups excluding carboxylic acids is 1. The molecule has 0 heterocycles. The molecule has 0 amide bonds. The van der Waals surface area contributed by atoms with Gasteiger partial charge in [0.15, 0.2) is 0 Å². The molecule has 0 aliphatic carbocycles. The minimum Gasteiger partial charge on any atom is -0.493 e. The van der Waals surface area contributed by atoms with Crippen LogP contribution in [-0.4, -0.2) is 26.6 Å². The van der Waals surface area contributed by atoms with Crippen LogP contribution in [0.25, 0.3) is 0 Å². The van der Waals surface area contributed by atoms with E-state index in [0.29, 0.717) is 18.8 Å². The Morgan fingerprint density at radius 1 is 1.08 bits per heavy atom. The molecular weight excluding hydrogens is 354 g/mol. The van der Waals surface area contributed by atoms with Gasteiger partial charge in [-0.05, 0) is 58.6 Å². The minimum atomic E-state index is -3.78. The van der Waals surface area contributed by atoms with Crippen molar-refractivity contribution in [3.8, 4) is 5.75 Å². The summed E-state index contributed by atoms with van der Waals surface area (Å²) in [5.74, 6) is 0.161. The number of hydrogen-bond acceptors (Lipinski definition) is 5. The monoisotopic (exact) mass is 385 g/mol. The van der Waals surface area contributed by atoms with Gasteiger partial charge in [-0.15, -0.1) is 0 Å². The molecule has 0 aliphatic rings. The van der Waals surface area contributed by atoms with Crippen LogP contribution in [0.1, 0.15) is 54.9 Å². The average Bonchev–Trinajstić information content (AvgIpc) is 2.42. The molecule has 2 N–H and O–H groups in total. The highest BCUT2D eigenvalue weighted by atomic mass is 32.2. The van der Waals surface area contributed by atoms with Crippen molar-refractivity contribution in [2.45, 2.75) is 65.4 Å². The van der Waals surface area contributed by atoms with E-state index in [2.05, 4.69) is 0 Å². The summed E-state index contributed by atoms with van der Waals surface area (Å²) < 4.78 is 34.1. The van der Waals surface area contributed by atoms with Gasteiger partial charge in [-0.1, -0.05) is 19.9 Å². The first-order valence-electron chi connectivity index (χ1n) is 8.51. The van der Waals surface area contributed by atoms with E-state index in [1.165, 1.54) is 12.1 Å². The predicted octanol–water partition coefficient (Wildman–Crippen LogP) is 3.50. The SMILES string of the molecule is CC(C)(COc1cccc(S(N)(=O)=O)c1)CC(C)(C)C(=O)OC(C)(C)C. The Balaban J connectivity index is 2.79. The smallest absolute Gasteiger partial charge is 0.312 e. The van der Waals surface area contributed by atoms with Crippen LogP contribution in [0.2, 0.25) is 0 Å². The van der Waals surface area contributed by atoms with Crippen molar-refractivity contribution in [3.05, 3.63) is 24.3 Å². The van der Waals surface area contributed by atoms with Gasteiger partial charge in [0.2, 0.25) is 10.0 Å². The van der Waals surface area contributed by atoms with Gasteiger partial charge in [0, 0.05) is 6.07 Å². The Kier molecular flexibility index (Phi) is 6.53. The van der Waals surface area contributed by atoms with Crippen molar-refractivity contribution >= 4 is 16.0 Å². The molecule has 26 heavy (non-hydrogen) atoms. The molecule has 7 heteroatoms. The molecule has 0 fully saturated rings. The van der Waals surface area contributed by atoms with E-state index in [0.717, 1.165) is 0 Å². The first kappa shape index (κ1) is 22.4. The van der Waals surface area contributed by atoms with Gasteiger partial charge in [-0.25, -0.2) is 13.6 Å². The van der Waals surface area contributed by atoms with Gasteiger partial charge < -0.3 is 9.47 Å². The fourth-order valence-electron chi connectivity index (χ4n) is 2.76. The number of sulfonamides is 1. The Morgan fingerprint density at radius 2 is 1.65 bits per heavy atom. The minimum absolute atomic E-state index is 0.00175. The lowest BCUT2D eigenvalue weighted by molar-refractivity contribution is -0.167. The molecule has 1 aromatic rings. The molecule has 0 saturated heterocycles. The molecule has 0 saturated carbocycles. The summed E-state index contributed by atoms with van der Waals surface area (Å²) >= 11 is 0. The molecule has 1 rings (SSSR count). The van der Waals surface area contributed by atoms with Gasteiger partial charge >= 0.3 is 5.97 Å². The third-order valence-corrected chi connectivity index (χ3v) is 4.55. The summed E-state index contributed by atoms with van der Waals surface area (Å²) in [6, 6.07) is 6.06. The standard InChI is InChI=1S/C19H31NO5S/c1-17(2,3)25-16(21)19(6,7)12-18(4,5)13-24-14-9-8-10-15(11-14)26(20,22)23/h8-11H,12-13H2,1-7H3,(H2,20,22,23). The largest absolute Gasteiger partial charge is 0.493 e. The summed E-state index contributed by atoms with van der Waals surface area (Å²) in [5.41, 5.74) is -1.55. The molecule has 0 radical (unpaired) electrons. The maximum absolute atomic E-state index is 12.4. The fraction of sp³-hybridized carbons (Fsp3) is 0.632. The molecule has 0 spiro atoms. The number of esters is 1. The van der Waals surface area contributed by atoms with E-state index in [4.69, 9.17) is 14.6 Å². The zero-order chi connectivity index (χ0) is 20.4. The summed E-state index contributed by atoms with van der Waals surface area (Å²) in [7, 11) is -3.78. The van der Waals surface area contributed by atoms with Crippen LogP contribution in [-0.2, 0) is 19.6 Å². The highest BCUT2D eigenvalue weighted by molar-refractivity contribution is 7.89. The van der Waals surface area contributed by atoms with Gasteiger partial charge in [0.05, 0.1) is 16.9 Å². The van der Waals surface area contributed by atoms with Gasteiger partial charge in [-0.2, -0.15) is 0 Å². The predicted molar refractivity (Wildman–Crippen MR) is 101 cm³/mol. The zero-order valence-electron chi connectivity index (χ0n) is 16.8. The molecule has 0 atom stereocenters. The molecule has 0 aromatic heterocycles. The van der Waals surface area contributed by atoms with Crippen LogP contribution in [0.3, 0.4) is 0 Å². The van der Waals surface area contributed by atoms with Gasteiger partial charge in [0.1, 0.15) is 11.4 Å². The summed E-state index contributed by atoms with van der Waals surface area (Å²) in [5, 5.41) is 5.14. The first-order valence-corrected chi connectivity index (χ1v) is 10.1. The van der Waals surface area contributed by atoms with Crippen LogP contribution in [0, 0.1) is 10.8 Å². The normalized spacial score (nSPS) is 13.4. The number of carbonyl (C=O) groups is 1. The van der Waals surface area contributed by atoms with Gasteiger partial charge in [-0.3, -0.25) is 4.79 Å². The second-order valence-electron chi connectivity index (χ2n) is 9.04. The second kappa shape index (κ2) is 7.56. The van der Waals surface area contributed by atoms with E-state index >= 15 is 0 Å². The van der Waals surface area contributed by atoms with E-state index in [1.54, 1.807) is 12.1 Å². The summed E-state index contributed by atoms with van der Waals surface area (Å²) in [6.45, 7) is 13.5. The van der Waals surface area contributed by atoms with E-state index in [1.807, 2.05) is 48.5 Å². The maximum atomic E-state index is 12.4. The number of hydrogen-bond donors (Lipinski definition) is 1. The first-order chi connectivity index (χ1) is 11.5. The second-order valence-corrected chi connectivity index (χ2v) is 10.6. The van der Waals surface area contributed by atoms with Crippen LogP contribution >= 0.6 is 0 Å². The van der Waals surface area contributed by atoms with Crippen molar-refractivity contribution in [1.29, 1.82) is 0 Å². The van der Waals surface area contributed by atoms with Crippen LogP contribution in [0.5, 0.6) is 5.75 Å². The Hall–Kier alpha value is -1.60. The van der Waals surface area contributed by atoms with Crippen molar-refractivity contribution in [3.63, 3.8) is 0 Å². The highest BCUT2D eigenvalue weighted by Crippen LogP contribution is 2.36. The van der Waals surface area contributed by atoms with E-state index in [9.17, 15) is 13.2 Å². The number of rotatable bonds is 7. The molecule has 1 aromatic carbocycles. The topological polar surface area (TPSA) is 95.7 Å². The molecule has 148 valence electrons. The third kappa shape index (κ3) is 7.33. The van der Waals surface area contributed by atoms with Crippen LogP contribution in [0.4, 0.5) is 0 Å².